The molecule has 0 atom stereocenters. The van der Waals surface area contributed by atoms with Crippen molar-refractivity contribution in [3.8, 4) is 0 Å². The van der Waals surface area contributed by atoms with Crippen LogP contribution in [0.5, 0.6) is 0 Å². The molecule has 1 aromatic heterocycles. The predicted octanol–water partition coefficient (Wildman–Crippen LogP) is 5.03. The van der Waals surface area contributed by atoms with Gasteiger partial charge < -0.3 is 0 Å². The van der Waals surface area contributed by atoms with Gasteiger partial charge in [0.05, 0.1) is 15.6 Å². The zero-order chi connectivity index (χ0) is 16.7. The molecule has 0 bridgehead atoms. The first-order chi connectivity index (χ1) is 11.6. The van der Waals surface area contributed by atoms with Crippen molar-refractivity contribution in [1.82, 2.24) is 4.98 Å². The third-order valence-electron chi connectivity index (χ3n) is 4.89. The molecule has 3 nitrogen and oxygen atoms in total. The van der Waals surface area contributed by atoms with Crippen molar-refractivity contribution in [3.05, 3.63) is 59.1 Å². The van der Waals surface area contributed by atoms with E-state index in [9.17, 15) is 4.79 Å². The minimum Gasteiger partial charge on any atom is -0.290 e. The van der Waals surface area contributed by atoms with E-state index >= 15 is 0 Å². The van der Waals surface area contributed by atoms with E-state index in [1.165, 1.54) is 0 Å². The standard InChI is InChI=1S/C19H17ClN2OS/c1-22(18-21-15-5-2-3-6-16(15)24-18)17(23)19(11-4-12-19)13-7-9-14(20)10-8-13/h2-3,5-10H,4,11-12H2,1H3. The molecule has 5 heteroatoms. The lowest BCUT2D eigenvalue weighted by Crippen LogP contribution is -2.50. The van der Waals surface area contributed by atoms with Crippen LogP contribution in [0.3, 0.4) is 0 Å². The lowest BCUT2D eigenvalue weighted by molar-refractivity contribution is -0.126. The molecule has 1 fully saturated rings. The third-order valence-corrected chi connectivity index (χ3v) is 6.25. The number of carbonyl (C=O) groups excluding carboxylic acids is 1. The second-order valence-corrected chi connectivity index (χ2v) is 7.72. The molecule has 3 aromatic rings. The molecule has 1 amide bonds. The molecular weight excluding hydrogens is 340 g/mol. The number of nitrogens with zero attached hydrogens (tertiary/aromatic N) is 2. The van der Waals surface area contributed by atoms with Crippen LogP contribution < -0.4 is 4.90 Å². The summed E-state index contributed by atoms with van der Waals surface area (Å²) in [5, 5.41) is 1.45. The van der Waals surface area contributed by atoms with Gasteiger partial charge in [0, 0.05) is 12.1 Å². The first kappa shape index (κ1) is 15.6. The summed E-state index contributed by atoms with van der Waals surface area (Å²) in [6.07, 6.45) is 2.83. The molecule has 2 aromatic carbocycles. The van der Waals surface area contributed by atoms with Crippen LogP contribution in [0.1, 0.15) is 24.8 Å². The summed E-state index contributed by atoms with van der Waals surface area (Å²) >= 11 is 7.56. The summed E-state index contributed by atoms with van der Waals surface area (Å²) in [4.78, 5) is 19.6. The lowest BCUT2D eigenvalue weighted by Gasteiger charge is -2.42. The van der Waals surface area contributed by atoms with Crippen LogP contribution in [0.25, 0.3) is 10.2 Å². The Balaban J connectivity index is 1.69. The summed E-state index contributed by atoms with van der Waals surface area (Å²) in [5.74, 6) is 0.120. The summed E-state index contributed by atoms with van der Waals surface area (Å²) in [7, 11) is 1.83. The Bertz CT molecular complexity index is 866. The fraction of sp³-hybridized carbons (Fsp3) is 0.263. The average Bonchev–Trinajstić information content (AvgIpc) is 2.98. The lowest BCUT2D eigenvalue weighted by atomic mass is 9.63. The van der Waals surface area contributed by atoms with Crippen LogP contribution in [0.2, 0.25) is 5.02 Å². The van der Waals surface area contributed by atoms with E-state index in [0.717, 1.165) is 40.2 Å². The van der Waals surface area contributed by atoms with Gasteiger partial charge in [-0.3, -0.25) is 9.69 Å². The number of thiazole rings is 1. The molecule has 0 unspecified atom stereocenters. The number of likely N-dealkylation sites (N-methyl/N-ethyl adjacent to an activating group) is 1. The number of halogens is 1. The van der Waals surface area contributed by atoms with Gasteiger partial charge in [-0.1, -0.05) is 53.6 Å². The number of anilines is 1. The van der Waals surface area contributed by atoms with Crippen molar-refractivity contribution in [1.29, 1.82) is 0 Å². The maximum atomic E-state index is 13.3. The molecule has 1 aliphatic rings. The SMILES string of the molecule is CN(C(=O)C1(c2ccc(Cl)cc2)CCC1)c1nc2ccccc2s1. The van der Waals surface area contributed by atoms with E-state index in [0.29, 0.717) is 5.02 Å². The zero-order valence-electron chi connectivity index (χ0n) is 13.3. The highest BCUT2D eigenvalue weighted by Gasteiger charge is 2.47. The van der Waals surface area contributed by atoms with Gasteiger partial charge in [0.1, 0.15) is 0 Å². The Kier molecular flexibility index (Phi) is 3.82. The summed E-state index contributed by atoms with van der Waals surface area (Å²) in [6.45, 7) is 0. The van der Waals surface area contributed by atoms with Gasteiger partial charge in [-0.25, -0.2) is 4.98 Å². The predicted molar refractivity (Wildman–Crippen MR) is 100 cm³/mol. The Hall–Kier alpha value is -1.91. The molecule has 0 saturated heterocycles. The van der Waals surface area contributed by atoms with Gasteiger partial charge in [0.15, 0.2) is 5.13 Å². The van der Waals surface area contributed by atoms with E-state index in [1.807, 2.05) is 55.6 Å². The van der Waals surface area contributed by atoms with Crippen molar-refractivity contribution in [2.75, 3.05) is 11.9 Å². The molecule has 122 valence electrons. The number of amides is 1. The van der Waals surface area contributed by atoms with Gasteiger partial charge in [-0.2, -0.15) is 0 Å². The molecule has 1 aliphatic carbocycles. The number of hydrogen-bond donors (Lipinski definition) is 0. The van der Waals surface area contributed by atoms with E-state index in [2.05, 4.69) is 4.98 Å². The van der Waals surface area contributed by atoms with Crippen LogP contribution in [0.15, 0.2) is 48.5 Å². The third kappa shape index (κ3) is 2.41. The van der Waals surface area contributed by atoms with Crippen LogP contribution in [-0.4, -0.2) is 17.9 Å². The monoisotopic (exact) mass is 356 g/mol. The molecular formula is C19H17ClN2OS. The highest BCUT2D eigenvalue weighted by molar-refractivity contribution is 7.22. The van der Waals surface area contributed by atoms with Gasteiger partial charge in [0.25, 0.3) is 0 Å². The summed E-state index contributed by atoms with van der Waals surface area (Å²) in [5.41, 5.74) is 1.56. The Morgan fingerprint density at radius 3 is 2.50 bits per heavy atom. The number of carbonyl (C=O) groups is 1. The van der Waals surface area contributed by atoms with E-state index in [4.69, 9.17) is 11.6 Å². The number of aromatic nitrogens is 1. The largest absolute Gasteiger partial charge is 0.290 e. The minimum absolute atomic E-state index is 0.120. The minimum atomic E-state index is -0.433. The Morgan fingerprint density at radius 1 is 1.17 bits per heavy atom. The molecule has 0 radical (unpaired) electrons. The fourth-order valence-electron chi connectivity index (χ4n) is 3.34. The molecule has 0 spiro atoms. The molecule has 0 aliphatic heterocycles. The second-order valence-electron chi connectivity index (χ2n) is 6.27. The number of fused-ring (bicyclic) bond motifs is 1. The fourth-order valence-corrected chi connectivity index (χ4v) is 4.39. The van der Waals surface area contributed by atoms with E-state index in [1.54, 1.807) is 16.2 Å². The van der Waals surface area contributed by atoms with Crippen molar-refractivity contribution < 1.29 is 4.79 Å². The van der Waals surface area contributed by atoms with Gasteiger partial charge in [0.2, 0.25) is 5.91 Å². The molecule has 0 N–H and O–H groups in total. The first-order valence-corrected chi connectivity index (χ1v) is 9.19. The van der Waals surface area contributed by atoms with Crippen LogP contribution in [0.4, 0.5) is 5.13 Å². The van der Waals surface area contributed by atoms with Gasteiger partial charge >= 0.3 is 0 Å². The molecule has 1 heterocycles. The normalized spacial score (nSPS) is 15.9. The quantitative estimate of drug-likeness (QED) is 0.659. The van der Waals surface area contributed by atoms with E-state index in [-0.39, 0.29) is 5.91 Å². The Morgan fingerprint density at radius 2 is 1.88 bits per heavy atom. The topological polar surface area (TPSA) is 33.2 Å². The number of rotatable bonds is 3. The number of para-hydroxylation sites is 1. The van der Waals surface area contributed by atoms with Crippen molar-refractivity contribution in [3.63, 3.8) is 0 Å². The van der Waals surface area contributed by atoms with E-state index < -0.39 is 5.41 Å². The maximum Gasteiger partial charge on any atom is 0.239 e. The molecule has 4 rings (SSSR count). The Labute approximate surface area is 149 Å². The summed E-state index contributed by atoms with van der Waals surface area (Å²) < 4.78 is 1.10. The average molecular weight is 357 g/mol. The highest BCUT2D eigenvalue weighted by Crippen LogP contribution is 2.46. The molecule has 24 heavy (non-hydrogen) atoms. The van der Waals surface area contributed by atoms with Crippen LogP contribution in [-0.2, 0) is 10.2 Å². The number of hydrogen-bond acceptors (Lipinski definition) is 3. The van der Waals surface area contributed by atoms with Crippen molar-refractivity contribution in [2.24, 2.45) is 0 Å². The van der Waals surface area contributed by atoms with Crippen molar-refractivity contribution in [2.45, 2.75) is 24.7 Å². The zero-order valence-corrected chi connectivity index (χ0v) is 14.9. The molecule has 1 saturated carbocycles. The van der Waals surface area contributed by atoms with Crippen molar-refractivity contribution >= 4 is 44.2 Å². The smallest absolute Gasteiger partial charge is 0.239 e. The van der Waals surface area contributed by atoms with Gasteiger partial charge in [-0.05, 0) is 42.7 Å². The maximum absolute atomic E-state index is 13.3. The second kappa shape index (κ2) is 5.87. The first-order valence-electron chi connectivity index (χ1n) is 8.00. The summed E-state index contributed by atoms with van der Waals surface area (Å²) in [6, 6.07) is 15.7. The highest BCUT2D eigenvalue weighted by atomic mass is 35.5. The van der Waals surface area contributed by atoms with Crippen LogP contribution in [0, 0.1) is 0 Å². The van der Waals surface area contributed by atoms with Gasteiger partial charge in [-0.15, -0.1) is 0 Å². The number of benzene rings is 2. The van der Waals surface area contributed by atoms with Crippen LogP contribution >= 0.6 is 22.9 Å².